The maximum absolute atomic E-state index is 8.63. The highest BCUT2D eigenvalue weighted by Crippen LogP contribution is 2.25. The Bertz CT molecular complexity index is 102. The molecular formula is C9H19NO. The van der Waals surface area contributed by atoms with Gasteiger partial charge in [0, 0.05) is 12.6 Å². The lowest BCUT2D eigenvalue weighted by atomic mass is 9.85. The number of aliphatic hydroxyl groups excluding tert-OH is 1. The second-order valence-electron chi connectivity index (χ2n) is 3.62. The molecule has 0 heterocycles. The van der Waals surface area contributed by atoms with E-state index in [1.54, 1.807) is 0 Å². The molecule has 0 aromatic heterocycles. The summed E-state index contributed by atoms with van der Waals surface area (Å²) in [4.78, 5) is 0. The van der Waals surface area contributed by atoms with Gasteiger partial charge in [0.2, 0.25) is 0 Å². The highest BCUT2D eigenvalue weighted by Gasteiger charge is 2.17. The van der Waals surface area contributed by atoms with E-state index in [0.29, 0.717) is 12.6 Å². The predicted molar refractivity (Wildman–Crippen MR) is 46.5 cm³/mol. The summed E-state index contributed by atoms with van der Waals surface area (Å²) in [6.45, 7) is 3.59. The van der Waals surface area contributed by atoms with Crippen LogP contribution in [0.15, 0.2) is 0 Å². The molecule has 11 heavy (non-hydrogen) atoms. The van der Waals surface area contributed by atoms with Gasteiger partial charge in [-0.1, -0.05) is 6.42 Å². The average Bonchev–Trinajstić information content (AvgIpc) is 1.85. The van der Waals surface area contributed by atoms with Gasteiger partial charge in [0.05, 0.1) is 0 Å². The van der Waals surface area contributed by atoms with Gasteiger partial charge >= 0.3 is 0 Å². The minimum Gasteiger partial charge on any atom is -0.396 e. The molecule has 1 unspecified atom stereocenters. The largest absolute Gasteiger partial charge is 0.396 e. The first-order valence-electron chi connectivity index (χ1n) is 4.67. The molecule has 0 aromatic carbocycles. The second-order valence-corrected chi connectivity index (χ2v) is 3.62. The van der Waals surface area contributed by atoms with Crippen molar-refractivity contribution in [1.29, 1.82) is 0 Å². The van der Waals surface area contributed by atoms with Gasteiger partial charge in [-0.3, -0.25) is 0 Å². The molecule has 2 heteroatoms. The van der Waals surface area contributed by atoms with E-state index in [-0.39, 0.29) is 0 Å². The van der Waals surface area contributed by atoms with Crippen LogP contribution in [0.4, 0.5) is 0 Å². The van der Waals surface area contributed by atoms with E-state index in [0.717, 1.165) is 18.9 Å². The molecule has 0 amide bonds. The zero-order chi connectivity index (χ0) is 8.10. The van der Waals surface area contributed by atoms with Crippen molar-refractivity contribution in [3.63, 3.8) is 0 Å². The van der Waals surface area contributed by atoms with Gasteiger partial charge in [-0.15, -0.1) is 0 Å². The summed E-state index contributed by atoms with van der Waals surface area (Å²) in [7, 11) is 0. The summed E-state index contributed by atoms with van der Waals surface area (Å²) in [6.07, 6.45) is 5.10. The normalized spacial score (nSPS) is 21.3. The second kappa shape index (κ2) is 4.73. The van der Waals surface area contributed by atoms with E-state index in [4.69, 9.17) is 5.11 Å². The molecule has 0 aliphatic heterocycles. The quantitative estimate of drug-likeness (QED) is 0.627. The topological polar surface area (TPSA) is 32.3 Å². The van der Waals surface area contributed by atoms with E-state index in [2.05, 4.69) is 12.2 Å². The van der Waals surface area contributed by atoms with Crippen LogP contribution in [0.1, 0.15) is 32.6 Å². The summed E-state index contributed by atoms with van der Waals surface area (Å²) < 4.78 is 0. The summed E-state index contributed by atoms with van der Waals surface area (Å²) in [5.41, 5.74) is 0. The zero-order valence-electron chi connectivity index (χ0n) is 7.34. The van der Waals surface area contributed by atoms with Crippen molar-refractivity contribution in [2.75, 3.05) is 13.2 Å². The zero-order valence-corrected chi connectivity index (χ0v) is 7.34. The Kier molecular flexibility index (Phi) is 3.87. The summed E-state index contributed by atoms with van der Waals surface area (Å²) >= 11 is 0. The summed E-state index contributed by atoms with van der Waals surface area (Å²) in [6, 6.07) is 0.487. The Morgan fingerprint density at radius 2 is 2.27 bits per heavy atom. The summed E-state index contributed by atoms with van der Waals surface area (Å²) in [5.74, 6) is 0.927. The van der Waals surface area contributed by atoms with Crippen LogP contribution in [0.3, 0.4) is 0 Å². The molecule has 1 aliphatic rings. The van der Waals surface area contributed by atoms with Crippen molar-refractivity contribution >= 4 is 0 Å². The SMILES string of the molecule is CC(CCO)NCC1CCC1. The smallest absolute Gasteiger partial charge is 0.0445 e. The standard InChI is InChI=1S/C9H19NO/c1-8(5-6-11)10-7-9-3-2-4-9/h8-11H,2-7H2,1H3. The third-order valence-corrected chi connectivity index (χ3v) is 2.54. The fourth-order valence-electron chi connectivity index (χ4n) is 1.36. The van der Waals surface area contributed by atoms with E-state index in [1.165, 1.54) is 19.3 Å². The molecular weight excluding hydrogens is 138 g/mol. The Balaban J connectivity index is 1.92. The number of hydrogen-bond acceptors (Lipinski definition) is 2. The molecule has 0 radical (unpaired) electrons. The number of nitrogens with one attached hydrogen (secondary N) is 1. The Morgan fingerprint density at radius 3 is 2.73 bits per heavy atom. The highest BCUT2D eigenvalue weighted by molar-refractivity contribution is 4.73. The fraction of sp³-hybridized carbons (Fsp3) is 1.00. The minimum absolute atomic E-state index is 0.304. The van der Waals surface area contributed by atoms with Crippen LogP contribution in [-0.2, 0) is 0 Å². The number of hydrogen-bond donors (Lipinski definition) is 2. The van der Waals surface area contributed by atoms with Crippen LogP contribution in [0.2, 0.25) is 0 Å². The van der Waals surface area contributed by atoms with Crippen LogP contribution in [0.5, 0.6) is 0 Å². The third kappa shape index (κ3) is 3.21. The van der Waals surface area contributed by atoms with E-state index in [9.17, 15) is 0 Å². The lowest BCUT2D eigenvalue weighted by molar-refractivity contribution is 0.250. The molecule has 0 spiro atoms. The van der Waals surface area contributed by atoms with Crippen molar-refractivity contribution in [2.24, 2.45) is 5.92 Å². The van der Waals surface area contributed by atoms with Crippen LogP contribution in [0.25, 0.3) is 0 Å². The monoisotopic (exact) mass is 157 g/mol. The van der Waals surface area contributed by atoms with Crippen molar-refractivity contribution in [3.05, 3.63) is 0 Å². The Hall–Kier alpha value is -0.0800. The highest BCUT2D eigenvalue weighted by atomic mass is 16.3. The van der Waals surface area contributed by atoms with Crippen molar-refractivity contribution < 1.29 is 5.11 Å². The first-order chi connectivity index (χ1) is 5.33. The van der Waals surface area contributed by atoms with Gasteiger partial charge in [-0.05, 0) is 38.6 Å². The Labute approximate surface area is 69.0 Å². The van der Waals surface area contributed by atoms with E-state index in [1.807, 2.05) is 0 Å². The first-order valence-corrected chi connectivity index (χ1v) is 4.67. The van der Waals surface area contributed by atoms with Gasteiger partial charge in [0.15, 0.2) is 0 Å². The molecule has 1 atom stereocenters. The van der Waals surface area contributed by atoms with E-state index < -0.39 is 0 Å². The molecule has 2 nitrogen and oxygen atoms in total. The van der Waals surface area contributed by atoms with Gasteiger partial charge in [-0.2, -0.15) is 0 Å². The van der Waals surface area contributed by atoms with Gasteiger partial charge < -0.3 is 10.4 Å². The molecule has 0 aromatic rings. The number of rotatable bonds is 5. The summed E-state index contributed by atoms with van der Waals surface area (Å²) in [5, 5.41) is 12.1. The van der Waals surface area contributed by atoms with Crippen molar-refractivity contribution in [2.45, 2.75) is 38.6 Å². The molecule has 1 fully saturated rings. The van der Waals surface area contributed by atoms with Crippen LogP contribution in [-0.4, -0.2) is 24.3 Å². The van der Waals surface area contributed by atoms with Crippen molar-refractivity contribution in [3.8, 4) is 0 Å². The van der Waals surface area contributed by atoms with Gasteiger partial charge in [0.25, 0.3) is 0 Å². The lowest BCUT2D eigenvalue weighted by Gasteiger charge is -2.27. The van der Waals surface area contributed by atoms with E-state index >= 15 is 0 Å². The predicted octanol–water partition coefficient (Wildman–Crippen LogP) is 1.15. The maximum Gasteiger partial charge on any atom is 0.0445 e. The molecule has 0 saturated heterocycles. The molecule has 1 saturated carbocycles. The maximum atomic E-state index is 8.63. The number of aliphatic hydroxyl groups is 1. The van der Waals surface area contributed by atoms with Crippen LogP contribution < -0.4 is 5.32 Å². The molecule has 0 bridgehead atoms. The van der Waals surface area contributed by atoms with Crippen LogP contribution in [0, 0.1) is 5.92 Å². The van der Waals surface area contributed by atoms with Crippen molar-refractivity contribution in [1.82, 2.24) is 5.32 Å². The van der Waals surface area contributed by atoms with Gasteiger partial charge in [0.1, 0.15) is 0 Å². The average molecular weight is 157 g/mol. The van der Waals surface area contributed by atoms with Crippen LogP contribution >= 0.6 is 0 Å². The first kappa shape index (κ1) is 9.01. The molecule has 1 rings (SSSR count). The minimum atomic E-state index is 0.304. The lowest BCUT2D eigenvalue weighted by Crippen LogP contribution is -2.34. The molecule has 2 N–H and O–H groups in total. The Morgan fingerprint density at radius 1 is 1.55 bits per heavy atom. The van der Waals surface area contributed by atoms with Gasteiger partial charge in [-0.25, -0.2) is 0 Å². The molecule has 66 valence electrons. The third-order valence-electron chi connectivity index (χ3n) is 2.54. The molecule has 1 aliphatic carbocycles. The fourth-order valence-corrected chi connectivity index (χ4v) is 1.36.